The maximum Gasteiger partial charge on any atom is 0.226 e. The Bertz CT molecular complexity index is 1080. The van der Waals surface area contributed by atoms with E-state index in [0.29, 0.717) is 24.8 Å². The van der Waals surface area contributed by atoms with Gasteiger partial charge in [0, 0.05) is 53.2 Å². The summed E-state index contributed by atoms with van der Waals surface area (Å²) in [4.78, 5) is 31.1. The summed E-state index contributed by atoms with van der Waals surface area (Å²) >= 11 is 0. The van der Waals surface area contributed by atoms with Crippen LogP contribution < -0.4 is 5.32 Å². The molecule has 39 heavy (non-hydrogen) atoms. The maximum atomic E-state index is 13.7. The van der Waals surface area contributed by atoms with Crippen LogP contribution in [0.3, 0.4) is 0 Å². The summed E-state index contributed by atoms with van der Waals surface area (Å²) in [5.41, 5.74) is -0.0886. The van der Waals surface area contributed by atoms with Gasteiger partial charge in [-0.15, -0.1) is 0 Å². The van der Waals surface area contributed by atoms with E-state index < -0.39 is 42.2 Å². The topological polar surface area (TPSA) is 152 Å². The first-order chi connectivity index (χ1) is 18.3. The Hall–Kier alpha value is -1.70. The smallest absolute Gasteiger partial charge is 0.226 e. The molecule has 0 amide bonds. The molecule has 2 bridgehead atoms. The molecule has 4 unspecified atom stereocenters. The molecule has 11 nitrogen and oxygen atoms in total. The van der Waals surface area contributed by atoms with Gasteiger partial charge in [-0.05, 0) is 53.1 Å². The molecular weight excluding hydrogens is 506 g/mol. The van der Waals surface area contributed by atoms with Gasteiger partial charge in [0.1, 0.15) is 6.23 Å². The van der Waals surface area contributed by atoms with Crippen LogP contribution in [0.5, 0.6) is 0 Å². The molecular formula is C28H43N3O8. The number of nitrogens with zero attached hydrogens (tertiary/aromatic N) is 2. The molecule has 11 heteroatoms. The lowest BCUT2D eigenvalue weighted by atomic mass is 9.73. The Morgan fingerprint density at radius 3 is 2.49 bits per heavy atom. The van der Waals surface area contributed by atoms with Gasteiger partial charge in [0.25, 0.3) is 0 Å². The number of methoxy groups -OCH3 is 1. The number of rotatable bonds is 6. The summed E-state index contributed by atoms with van der Waals surface area (Å²) < 4.78 is 11.8. The van der Waals surface area contributed by atoms with E-state index in [1.54, 1.807) is 6.92 Å². The Morgan fingerprint density at radius 2 is 1.90 bits per heavy atom. The predicted molar refractivity (Wildman–Crippen MR) is 140 cm³/mol. The summed E-state index contributed by atoms with van der Waals surface area (Å²) in [5, 5.41) is 46.3. The van der Waals surface area contributed by atoms with Crippen molar-refractivity contribution in [2.75, 3.05) is 27.8 Å². The second-order valence-corrected chi connectivity index (χ2v) is 12.6. The number of piperazine rings is 1. The lowest BCUT2D eigenvalue weighted by Crippen LogP contribution is -2.70. The molecule has 10 atom stereocenters. The van der Waals surface area contributed by atoms with Crippen molar-refractivity contribution in [2.45, 2.75) is 101 Å². The number of hydrogen-bond acceptors (Lipinski definition) is 11. The number of allylic oxidation sites excluding steroid dienone is 2. The minimum absolute atomic E-state index is 0.00139. The van der Waals surface area contributed by atoms with Gasteiger partial charge in [-0.3, -0.25) is 14.5 Å². The van der Waals surface area contributed by atoms with Crippen LogP contribution in [-0.2, 0) is 19.1 Å². The largest absolute Gasteiger partial charge is 0.492 e. The molecule has 0 spiro atoms. The third-order valence-corrected chi connectivity index (χ3v) is 9.78. The second kappa shape index (κ2) is 10.3. The van der Waals surface area contributed by atoms with Crippen LogP contribution in [0.1, 0.15) is 46.5 Å². The number of nitrogens with one attached hydrogen (secondary N) is 1. The van der Waals surface area contributed by atoms with Crippen LogP contribution in [-0.4, -0.2) is 124 Å². The molecule has 3 aliphatic heterocycles. The summed E-state index contributed by atoms with van der Waals surface area (Å²) in [6, 6.07) is -2.03. The summed E-state index contributed by atoms with van der Waals surface area (Å²) in [7, 11) is 5.28. The first kappa shape index (κ1) is 28.8. The number of carbonyl (C=O) groups excluding carboxylic acids is 2. The first-order valence-electron chi connectivity index (χ1n) is 13.9. The number of fused-ring (bicyclic) bond motifs is 4. The van der Waals surface area contributed by atoms with Gasteiger partial charge in [0.05, 0.1) is 31.5 Å². The number of carbonyl (C=O) groups is 2. The van der Waals surface area contributed by atoms with Gasteiger partial charge in [0.2, 0.25) is 5.78 Å². The Kier molecular flexibility index (Phi) is 7.60. The highest BCUT2D eigenvalue weighted by atomic mass is 16.5. The molecule has 5 aliphatic rings. The summed E-state index contributed by atoms with van der Waals surface area (Å²) in [6.45, 7) is 5.52. The van der Waals surface area contributed by atoms with E-state index in [1.165, 1.54) is 7.11 Å². The van der Waals surface area contributed by atoms with Gasteiger partial charge in [0.15, 0.2) is 17.8 Å². The predicted octanol–water partition coefficient (Wildman–Crippen LogP) is -0.716. The molecule has 218 valence electrons. The van der Waals surface area contributed by atoms with Gasteiger partial charge in [-0.25, -0.2) is 0 Å². The number of hydrogen-bond donors (Lipinski definition) is 5. The quantitative estimate of drug-likeness (QED) is 0.211. The van der Waals surface area contributed by atoms with Crippen molar-refractivity contribution < 1.29 is 39.5 Å². The Morgan fingerprint density at radius 1 is 1.21 bits per heavy atom. The average Bonchev–Trinajstić information content (AvgIpc) is 3.25. The highest BCUT2D eigenvalue weighted by molar-refractivity contribution is 6.25. The van der Waals surface area contributed by atoms with Crippen molar-refractivity contribution in [3.05, 3.63) is 22.5 Å². The second-order valence-electron chi connectivity index (χ2n) is 12.6. The van der Waals surface area contributed by atoms with E-state index in [0.717, 1.165) is 0 Å². The zero-order chi connectivity index (χ0) is 28.5. The molecule has 1 saturated carbocycles. The van der Waals surface area contributed by atoms with Crippen molar-refractivity contribution >= 4 is 11.6 Å². The number of aliphatic hydroxyl groups is 4. The van der Waals surface area contributed by atoms with Crippen LogP contribution in [0, 0.1) is 11.8 Å². The zero-order valence-electron chi connectivity index (χ0n) is 23.6. The fourth-order valence-electron chi connectivity index (χ4n) is 8.48. The van der Waals surface area contributed by atoms with E-state index in [1.807, 2.05) is 30.8 Å². The molecule has 5 N–H and O–H groups in total. The highest BCUT2D eigenvalue weighted by Gasteiger charge is 2.58. The van der Waals surface area contributed by atoms with Crippen molar-refractivity contribution in [1.29, 1.82) is 0 Å². The molecule has 2 saturated heterocycles. The Labute approximate surface area is 229 Å². The van der Waals surface area contributed by atoms with E-state index in [4.69, 9.17) is 9.47 Å². The number of aliphatic hydroxyl groups excluding tert-OH is 2. The third-order valence-electron chi connectivity index (χ3n) is 9.78. The number of Topliss-reactive ketones (excluding diaryl/α,β-unsaturated/α-hetero) is 2. The minimum Gasteiger partial charge on any atom is -0.492 e. The lowest BCUT2D eigenvalue weighted by Gasteiger charge is -2.53. The molecule has 5 rings (SSSR count). The van der Waals surface area contributed by atoms with E-state index in [2.05, 4.69) is 12.2 Å². The summed E-state index contributed by atoms with van der Waals surface area (Å²) in [5.74, 6) is -1.03. The van der Waals surface area contributed by atoms with E-state index >= 15 is 0 Å². The number of likely N-dealkylation sites (N-methyl/N-ethyl adjacent to an activating group) is 1. The van der Waals surface area contributed by atoms with E-state index in [9.17, 15) is 30.0 Å². The maximum absolute atomic E-state index is 13.7. The average molecular weight is 550 g/mol. The number of ketones is 2. The Balaban J connectivity index is 1.49. The monoisotopic (exact) mass is 549 g/mol. The van der Waals surface area contributed by atoms with Crippen LogP contribution in [0.4, 0.5) is 0 Å². The lowest BCUT2D eigenvalue weighted by molar-refractivity contribution is -0.149. The molecule has 2 aliphatic carbocycles. The molecule has 0 aromatic heterocycles. The molecule has 0 aromatic carbocycles. The van der Waals surface area contributed by atoms with Crippen molar-refractivity contribution in [1.82, 2.24) is 15.1 Å². The van der Waals surface area contributed by atoms with Gasteiger partial charge < -0.3 is 40.1 Å². The van der Waals surface area contributed by atoms with Gasteiger partial charge in [-0.1, -0.05) is 6.92 Å². The fraction of sp³-hybridized carbons (Fsp3) is 0.786. The zero-order valence-corrected chi connectivity index (χ0v) is 23.6. The first-order valence-corrected chi connectivity index (χ1v) is 13.9. The van der Waals surface area contributed by atoms with Crippen LogP contribution >= 0.6 is 0 Å². The highest BCUT2D eigenvalue weighted by Crippen LogP contribution is 2.46. The molecule has 0 radical (unpaired) electrons. The van der Waals surface area contributed by atoms with Gasteiger partial charge >= 0.3 is 0 Å². The SMILES string of the molecule is COC1=C(C)C(=O)C2=C(C1=O)[C@H](COC1CC(C)C(N(C)C)C(C)(O)C1)N1[C@@H](O)[C@@H]3C[C@@H](C(O)O)[C@@H](N3)[C@@H]1C2. The normalized spacial score (nSPS) is 42.9. The number of ether oxygens (including phenoxy) is 2. The van der Waals surface area contributed by atoms with Crippen LogP contribution in [0.15, 0.2) is 22.5 Å². The minimum atomic E-state index is -1.58. The van der Waals surface area contributed by atoms with Gasteiger partial charge in [-0.2, -0.15) is 0 Å². The fourth-order valence-corrected chi connectivity index (χ4v) is 8.48. The standard InChI is InChI=1S/C28H43N3O8/c1-12-7-14(10-28(3,37)25(12)30(4)5)39-11-19-20-15(22(32)13(2)24(38-6)23(20)33)9-18-21-16(27(35)36)8-17(29-21)26(34)31(18)19/h12,14,16-19,21,25-27,29,34-37H,7-11H2,1-6H3/t12?,14?,16-,17+,18+,19+,21-,25?,26+,28?/m1/s1. The summed E-state index contributed by atoms with van der Waals surface area (Å²) in [6.07, 6.45) is -1.22. The van der Waals surface area contributed by atoms with Crippen molar-refractivity contribution in [2.24, 2.45) is 11.8 Å². The van der Waals surface area contributed by atoms with Crippen LogP contribution in [0.2, 0.25) is 0 Å². The third kappa shape index (κ3) is 4.61. The van der Waals surface area contributed by atoms with Crippen molar-refractivity contribution in [3.63, 3.8) is 0 Å². The van der Waals surface area contributed by atoms with Crippen LogP contribution in [0.25, 0.3) is 0 Å². The van der Waals surface area contributed by atoms with Crippen molar-refractivity contribution in [3.8, 4) is 0 Å². The molecule has 3 heterocycles. The molecule has 0 aromatic rings. The van der Waals surface area contributed by atoms with E-state index in [-0.39, 0.29) is 65.6 Å². The molecule has 3 fully saturated rings.